The molecule has 2 N–H and O–H groups in total. The van der Waals surface area contributed by atoms with Gasteiger partial charge in [0.15, 0.2) is 0 Å². The summed E-state index contributed by atoms with van der Waals surface area (Å²) in [6.45, 7) is 1.95. The Morgan fingerprint density at radius 1 is 1.31 bits per heavy atom. The molecule has 0 saturated carbocycles. The standard InChI is InChI=1S/C17H24N4O4S/c1-20-8-7-18-17(20)12-25-14-5-3-13(4-6-14)9-21-10-15(16(22)11-21)19-26(2,23)24/h3-8,15-16,19,22H,9-12H2,1-2H3/t15-,16-/m1/s1. The van der Waals surface area contributed by atoms with Gasteiger partial charge in [0, 0.05) is 39.1 Å². The molecule has 0 spiro atoms. The number of ether oxygens (including phenoxy) is 1. The summed E-state index contributed by atoms with van der Waals surface area (Å²) in [5.41, 5.74) is 1.07. The summed E-state index contributed by atoms with van der Waals surface area (Å²) in [5, 5.41) is 10.0. The summed E-state index contributed by atoms with van der Waals surface area (Å²) < 4.78 is 32.8. The maximum absolute atomic E-state index is 11.3. The minimum absolute atomic E-state index is 0.403. The lowest BCUT2D eigenvalue weighted by atomic mass is 10.2. The number of rotatable bonds is 7. The summed E-state index contributed by atoms with van der Waals surface area (Å²) >= 11 is 0. The van der Waals surface area contributed by atoms with Gasteiger partial charge >= 0.3 is 0 Å². The zero-order valence-corrected chi connectivity index (χ0v) is 15.7. The average molecular weight is 380 g/mol. The number of aryl methyl sites for hydroxylation is 1. The maximum Gasteiger partial charge on any atom is 0.209 e. The monoisotopic (exact) mass is 380 g/mol. The predicted molar refractivity (Wildman–Crippen MR) is 97.0 cm³/mol. The molecule has 1 aliphatic heterocycles. The van der Waals surface area contributed by atoms with Crippen molar-refractivity contribution >= 4 is 10.0 Å². The Kier molecular flexibility index (Phi) is 5.61. The number of likely N-dealkylation sites (tertiary alicyclic amines) is 1. The number of aliphatic hydroxyl groups excluding tert-OH is 1. The first kappa shape index (κ1) is 18.8. The number of hydrogen-bond acceptors (Lipinski definition) is 6. The number of aliphatic hydroxyl groups is 1. The Morgan fingerprint density at radius 3 is 2.65 bits per heavy atom. The third-order valence-corrected chi connectivity index (χ3v) is 5.08. The molecule has 8 nitrogen and oxygen atoms in total. The van der Waals surface area contributed by atoms with Crippen molar-refractivity contribution in [3.05, 3.63) is 48.0 Å². The van der Waals surface area contributed by atoms with Crippen molar-refractivity contribution in [3.63, 3.8) is 0 Å². The third kappa shape index (κ3) is 5.04. The van der Waals surface area contributed by atoms with Crippen molar-refractivity contribution in [2.24, 2.45) is 7.05 Å². The molecular weight excluding hydrogens is 356 g/mol. The molecule has 142 valence electrons. The zero-order chi connectivity index (χ0) is 18.7. The van der Waals surface area contributed by atoms with Crippen molar-refractivity contribution in [1.82, 2.24) is 19.2 Å². The van der Waals surface area contributed by atoms with Crippen molar-refractivity contribution in [2.45, 2.75) is 25.3 Å². The molecule has 0 bridgehead atoms. The second-order valence-corrected chi connectivity index (χ2v) is 8.42. The van der Waals surface area contributed by atoms with Crippen LogP contribution in [0.1, 0.15) is 11.4 Å². The highest BCUT2D eigenvalue weighted by Gasteiger charge is 2.32. The van der Waals surface area contributed by atoms with Gasteiger partial charge in [-0.1, -0.05) is 12.1 Å². The topological polar surface area (TPSA) is 96.7 Å². The predicted octanol–water partition coefficient (Wildman–Crippen LogP) is 0.0934. The molecule has 1 fully saturated rings. The van der Waals surface area contributed by atoms with E-state index in [9.17, 15) is 13.5 Å². The second-order valence-electron chi connectivity index (χ2n) is 6.64. The number of imidazole rings is 1. The number of β-amino-alcohol motifs (C(OH)–C–C–N with tert-alkyl or cyclic N) is 1. The summed E-state index contributed by atoms with van der Waals surface area (Å²) in [4.78, 5) is 6.24. The van der Waals surface area contributed by atoms with Crippen LogP contribution >= 0.6 is 0 Å². The Hall–Kier alpha value is -1.94. The summed E-state index contributed by atoms with van der Waals surface area (Å²) in [5.74, 6) is 1.61. The first-order valence-electron chi connectivity index (χ1n) is 8.36. The first-order valence-corrected chi connectivity index (χ1v) is 10.2. The number of nitrogens with one attached hydrogen (secondary N) is 1. The minimum Gasteiger partial charge on any atom is -0.486 e. The number of sulfonamides is 1. The van der Waals surface area contributed by atoms with E-state index in [-0.39, 0.29) is 0 Å². The Bertz CT molecular complexity index is 835. The fourth-order valence-electron chi connectivity index (χ4n) is 3.02. The van der Waals surface area contributed by atoms with Gasteiger partial charge in [-0.3, -0.25) is 4.90 Å². The van der Waals surface area contributed by atoms with E-state index in [0.717, 1.165) is 23.4 Å². The van der Waals surface area contributed by atoms with E-state index in [1.54, 1.807) is 6.20 Å². The van der Waals surface area contributed by atoms with Crippen LogP contribution in [-0.4, -0.2) is 59.5 Å². The van der Waals surface area contributed by atoms with Crippen LogP contribution in [0.4, 0.5) is 0 Å². The number of nitrogens with zero attached hydrogens (tertiary/aromatic N) is 3. The second kappa shape index (κ2) is 7.75. The van der Waals surface area contributed by atoms with Gasteiger partial charge in [0.05, 0.1) is 18.4 Å². The van der Waals surface area contributed by atoms with Gasteiger partial charge < -0.3 is 14.4 Å². The van der Waals surface area contributed by atoms with Crippen molar-refractivity contribution in [1.29, 1.82) is 0 Å². The van der Waals surface area contributed by atoms with Gasteiger partial charge in [0.2, 0.25) is 10.0 Å². The molecule has 0 unspecified atom stereocenters. The number of hydrogen-bond donors (Lipinski definition) is 2. The van der Waals surface area contributed by atoms with E-state index in [4.69, 9.17) is 4.74 Å². The largest absolute Gasteiger partial charge is 0.486 e. The van der Waals surface area contributed by atoms with E-state index >= 15 is 0 Å². The molecule has 0 radical (unpaired) electrons. The molecule has 1 saturated heterocycles. The Labute approximate surface area is 153 Å². The van der Waals surface area contributed by atoms with E-state index in [2.05, 4.69) is 9.71 Å². The van der Waals surface area contributed by atoms with Gasteiger partial charge in [-0.2, -0.15) is 0 Å². The number of benzene rings is 1. The van der Waals surface area contributed by atoms with Gasteiger partial charge in [-0.05, 0) is 17.7 Å². The smallest absolute Gasteiger partial charge is 0.209 e. The van der Waals surface area contributed by atoms with E-state index in [1.807, 2.05) is 47.0 Å². The molecule has 1 aromatic heterocycles. The zero-order valence-electron chi connectivity index (χ0n) is 14.9. The van der Waals surface area contributed by atoms with Gasteiger partial charge in [0.1, 0.15) is 18.2 Å². The fraction of sp³-hybridized carbons (Fsp3) is 0.471. The lowest BCUT2D eigenvalue weighted by Gasteiger charge is -2.16. The van der Waals surface area contributed by atoms with E-state index in [1.165, 1.54) is 0 Å². The highest BCUT2D eigenvalue weighted by atomic mass is 32.2. The van der Waals surface area contributed by atoms with Crippen LogP contribution in [0.25, 0.3) is 0 Å². The maximum atomic E-state index is 11.3. The molecule has 9 heteroatoms. The van der Waals surface area contributed by atoms with E-state index in [0.29, 0.717) is 26.2 Å². The third-order valence-electron chi connectivity index (χ3n) is 4.35. The van der Waals surface area contributed by atoms with Crippen molar-refractivity contribution in [2.75, 3.05) is 19.3 Å². The van der Waals surface area contributed by atoms with Crippen LogP contribution in [-0.2, 0) is 30.2 Å². The molecule has 0 aliphatic carbocycles. The first-order chi connectivity index (χ1) is 12.3. The summed E-state index contributed by atoms with van der Waals surface area (Å²) in [6, 6.07) is 7.27. The normalized spacial score (nSPS) is 21.2. The average Bonchev–Trinajstić information content (AvgIpc) is 3.11. The molecule has 2 aromatic rings. The van der Waals surface area contributed by atoms with Crippen molar-refractivity contribution < 1.29 is 18.3 Å². The van der Waals surface area contributed by atoms with Crippen LogP contribution in [0.5, 0.6) is 5.75 Å². The summed E-state index contributed by atoms with van der Waals surface area (Å²) in [6.07, 6.45) is 4.01. The molecule has 1 aliphatic rings. The Morgan fingerprint density at radius 2 is 2.04 bits per heavy atom. The molecular formula is C17H24N4O4S. The number of aromatic nitrogens is 2. The van der Waals surface area contributed by atoms with Crippen LogP contribution in [0.2, 0.25) is 0 Å². The van der Waals surface area contributed by atoms with Crippen LogP contribution in [0.3, 0.4) is 0 Å². The van der Waals surface area contributed by atoms with Crippen LogP contribution in [0, 0.1) is 0 Å². The molecule has 2 heterocycles. The summed E-state index contributed by atoms with van der Waals surface area (Å²) in [7, 11) is -1.41. The lowest BCUT2D eigenvalue weighted by molar-refractivity contribution is 0.160. The SMILES string of the molecule is Cn1ccnc1COc1ccc(CN2C[C@@H](O)[C@H](NS(C)(=O)=O)C2)cc1. The molecule has 2 atom stereocenters. The molecule has 1 aromatic carbocycles. The quantitative estimate of drug-likeness (QED) is 0.707. The van der Waals surface area contributed by atoms with Crippen LogP contribution < -0.4 is 9.46 Å². The molecule has 0 amide bonds. The van der Waals surface area contributed by atoms with Gasteiger partial charge in [0.25, 0.3) is 0 Å². The lowest BCUT2D eigenvalue weighted by Crippen LogP contribution is -2.42. The van der Waals surface area contributed by atoms with Crippen molar-refractivity contribution in [3.8, 4) is 5.75 Å². The minimum atomic E-state index is -3.33. The van der Waals surface area contributed by atoms with Crippen LogP contribution in [0.15, 0.2) is 36.7 Å². The highest BCUT2D eigenvalue weighted by molar-refractivity contribution is 7.88. The highest BCUT2D eigenvalue weighted by Crippen LogP contribution is 2.18. The Balaban J connectivity index is 1.52. The molecule has 3 rings (SSSR count). The van der Waals surface area contributed by atoms with Gasteiger partial charge in [-0.15, -0.1) is 0 Å². The van der Waals surface area contributed by atoms with Gasteiger partial charge in [-0.25, -0.2) is 18.1 Å². The molecule has 26 heavy (non-hydrogen) atoms. The fourth-order valence-corrected chi connectivity index (χ4v) is 3.80. The van der Waals surface area contributed by atoms with E-state index < -0.39 is 22.2 Å².